The van der Waals surface area contributed by atoms with Crippen molar-refractivity contribution in [2.75, 3.05) is 5.75 Å². The van der Waals surface area contributed by atoms with E-state index in [0.29, 0.717) is 10.5 Å². The first kappa shape index (κ1) is 14.4. The summed E-state index contributed by atoms with van der Waals surface area (Å²) in [6.07, 6.45) is 2.18. The minimum absolute atomic E-state index is 0.458. The average molecular weight is 301 g/mol. The Balaban J connectivity index is 2.20. The van der Waals surface area contributed by atoms with Gasteiger partial charge in [-0.1, -0.05) is 39.4 Å². The van der Waals surface area contributed by atoms with Crippen molar-refractivity contribution in [2.45, 2.75) is 49.4 Å². The predicted octanol–water partition coefficient (Wildman–Crippen LogP) is 4.39. The molecule has 2 heterocycles. The number of aromatic amines is 1. The van der Waals surface area contributed by atoms with Gasteiger partial charge in [-0.2, -0.15) is 11.8 Å². The molecule has 0 radical (unpaired) electrons. The smallest absolute Gasteiger partial charge is 0.130 e. The standard InChI is InChI=1S/C13H20N2S3/c1-4-5-10-6-12(16)15-13(14-10)11-7-17-8(2)9(3)18-11/h6,8-9,11H,4-5,7H2,1-3H3,(H,14,15,16). The van der Waals surface area contributed by atoms with Crippen molar-refractivity contribution in [2.24, 2.45) is 0 Å². The van der Waals surface area contributed by atoms with Crippen LogP contribution in [0.4, 0.5) is 0 Å². The van der Waals surface area contributed by atoms with Gasteiger partial charge in [-0.15, -0.1) is 11.8 Å². The van der Waals surface area contributed by atoms with E-state index in [4.69, 9.17) is 12.2 Å². The zero-order chi connectivity index (χ0) is 13.1. The minimum Gasteiger partial charge on any atom is -0.346 e. The van der Waals surface area contributed by atoms with Crippen LogP contribution in [0, 0.1) is 4.64 Å². The van der Waals surface area contributed by atoms with Gasteiger partial charge in [0, 0.05) is 21.9 Å². The molecule has 3 atom stereocenters. The molecule has 18 heavy (non-hydrogen) atoms. The van der Waals surface area contributed by atoms with E-state index >= 15 is 0 Å². The molecule has 3 unspecified atom stereocenters. The summed E-state index contributed by atoms with van der Waals surface area (Å²) in [5, 5.41) is 1.86. The molecule has 5 heteroatoms. The maximum atomic E-state index is 5.28. The number of aromatic nitrogens is 2. The van der Waals surface area contributed by atoms with E-state index in [0.717, 1.165) is 34.3 Å². The van der Waals surface area contributed by atoms with Crippen LogP contribution >= 0.6 is 35.7 Å². The zero-order valence-corrected chi connectivity index (χ0v) is 13.6. The SMILES string of the molecule is CCCc1cc(=S)nc(C2CSC(C)C(C)S2)[nH]1. The van der Waals surface area contributed by atoms with E-state index < -0.39 is 0 Å². The fraction of sp³-hybridized carbons (Fsp3) is 0.692. The number of aryl methyl sites for hydroxylation is 1. The van der Waals surface area contributed by atoms with Gasteiger partial charge in [0.2, 0.25) is 0 Å². The summed E-state index contributed by atoms with van der Waals surface area (Å²) in [5.41, 5.74) is 1.23. The van der Waals surface area contributed by atoms with Crippen molar-refractivity contribution < 1.29 is 0 Å². The molecule has 0 aromatic carbocycles. The predicted molar refractivity (Wildman–Crippen MR) is 85.1 cm³/mol. The lowest BCUT2D eigenvalue weighted by atomic mass is 10.2. The number of H-pyrrole nitrogens is 1. The molecule has 1 aromatic rings. The summed E-state index contributed by atoms with van der Waals surface area (Å²) in [6.45, 7) is 6.80. The Morgan fingerprint density at radius 2 is 2.22 bits per heavy atom. The second kappa shape index (κ2) is 6.44. The lowest BCUT2D eigenvalue weighted by Crippen LogP contribution is -2.23. The molecule has 1 aromatic heterocycles. The van der Waals surface area contributed by atoms with Gasteiger partial charge in [0.25, 0.3) is 0 Å². The van der Waals surface area contributed by atoms with Crippen LogP contribution in [0.1, 0.15) is 44.0 Å². The molecule has 2 rings (SSSR count). The molecule has 0 amide bonds. The van der Waals surface area contributed by atoms with Crippen LogP contribution < -0.4 is 0 Å². The Labute approximate surface area is 123 Å². The topological polar surface area (TPSA) is 28.7 Å². The van der Waals surface area contributed by atoms with Crippen LogP contribution in [0.5, 0.6) is 0 Å². The van der Waals surface area contributed by atoms with Crippen LogP contribution in [0.15, 0.2) is 6.07 Å². The third kappa shape index (κ3) is 3.52. The highest BCUT2D eigenvalue weighted by atomic mass is 32.2. The van der Waals surface area contributed by atoms with Crippen LogP contribution in [0.25, 0.3) is 0 Å². The molecule has 100 valence electrons. The first-order valence-electron chi connectivity index (χ1n) is 6.47. The Kier molecular flexibility index (Phi) is 5.15. The van der Waals surface area contributed by atoms with Crippen LogP contribution in [-0.2, 0) is 6.42 Å². The lowest BCUT2D eigenvalue weighted by Gasteiger charge is -2.30. The number of rotatable bonds is 3. The molecule has 1 saturated heterocycles. The Morgan fingerprint density at radius 1 is 1.44 bits per heavy atom. The summed E-state index contributed by atoms with van der Waals surface area (Å²) in [5.74, 6) is 2.20. The monoisotopic (exact) mass is 300 g/mol. The van der Waals surface area contributed by atoms with Crippen molar-refractivity contribution in [3.05, 3.63) is 22.2 Å². The Morgan fingerprint density at radius 3 is 2.89 bits per heavy atom. The summed E-state index contributed by atoms with van der Waals surface area (Å²) < 4.78 is 0.726. The third-order valence-electron chi connectivity index (χ3n) is 3.19. The molecular weight excluding hydrogens is 280 g/mol. The lowest BCUT2D eigenvalue weighted by molar-refractivity contribution is 0.812. The molecule has 1 N–H and O–H groups in total. The number of nitrogens with one attached hydrogen (secondary N) is 1. The van der Waals surface area contributed by atoms with E-state index in [2.05, 4.69) is 30.7 Å². The fourth-order valence-corrected chi connectivity index (χ4v) is 5.12. The molecule has 0 bridgehead atoms. The number of hydrogen-bond donors (Lipinski definition) is 1. The third-order valence-corrected chi connectivity index (χ3v) is 6.80. The molecule has 0 saturated carbocycles. The Bertz CT molecular complexity index is 458. The van der Waals surface area contributed by atoms with Crippen molar-refractivity contribution in [1.82, 2.24) is 9.97 Å². The zero-order valence-electron chi connectivity index (χ0n) is 11.1. The van der Waals surface area contributed by atoms with E-state index in [1.54, 1.807) is 0 Å². The molecule has 1 aliphatic heterocycles. The van der Waals surface area contributed by atoms with Crippen LogP contribution in [-0.4, -0.2) is 26.2 Å². The fourth-order valence-electron chi connectivity index (χ4n) is 2.01. The second-order valence-corrected chi connectivity index (χ2v) is 8.16. The summed E-state index contributed by atoms with van der Waals surface area (Å²) >= 11 is 9.34. The maximum Gasteiger partial charge on any atom is 0.130 e. The number of thioether (sulfide) groups is 2. The van der Waals surface area contributed by atoms with Crippen LogP contribution in [0.3, 0.4) is 0 Å². The molecule has 1 aliphatic rings. The van der Waals surface area contributed by atoms with E-state index in [1.807, 2.05) is 29.6 Å². The molecule has 2 nitrogen and oxygen atoms in total. The van der Waals surface area contributed by atoms with Crippen LogP contribution in [0.2, 0.25) is 0 Å². The van der Waals surface area contributed by atoms with Gasteiger partial charge >= 0.3 is 0 Å². The average Bonchev–Trinajstić information content (AvgIpc) is 2.32. The van der Waals surface area contributed by atoms with E-state index in [9.17, 15) is 0 Å². The summed E-state index contributed by atoms with van der Waals surface area (Å²) in [6, 6.07) is 2.00. The van der Waals surface area contributed by atoms with Gasteiger partial charge < -0.3 is 4.98 Å². The van der Waals surface area contributed by atoms with E-state index in [-0.39, 0.29) is 0 Å². The van der Waals surface area contributed by atoms with Gasteiger partial charge in [-0.05, 0) is 12.5 Å². The van der Waals surface area contributed by atoms with Gasteiger partial charge in [0.1, 0.15) is 10.5 Å². The first-order valence-corrected chi connectivity index (χ1v) is 8.87. The molecular formula is C13H20N2S3. The van der Waals surface area contributed by atoms with Crippen molar-refractivity contribution in [1.29, 1.82) is 0 Å². The van der Waals surface area contributed by atoms with Gasteiger partial charge in [-0.25, -0.2) is 4.98 Å². The minimum atomic E-state index is 0.458. The Hall–Kier alpha value is -0.0000000000000000555. The second-order valence-electron chi connectivity index (χ2n) is 4.75. The van der Waals surface area contributed by atoms with Gasteiger partial charge in [-0.3, -0.25) is 0 Å². The quantitative estimate of drug-likeness (QED) is 0.838. The van der Waals surface area contributed by atoms with E-state index in [1.165, 1.54) is 5.69 Å². The van der Waals surface area contributed by atoms with Crippen molar-refractivity contribution >= 4 is 35.7 Å². The van der Waals surface area contributed by atoms with Crippen molar-refractivity contribution in [3.63, 3.8) is 0 Å². The largest absolute Gasteiger partial charge is 0.346 e. The highest BCUT2D eigenvalue weighted by Gasteiger charge is 2.28. The molecule has 0 aliphatic carbocycles. The van der Waals surface area contributed by atoms with Crippen molar-refractivity contribution in [3.8, 4) is 0 Å². The maximum absolute atomic E-state index is 5.28. The normalized spacial score (nSPS) is 28.3. The highest BCUT2D eigenvalue weighted by molar-refractivity contribution is 8.07. The summed E-state index contributed by atoms with van der Waals surface area (Å²) in [7, 11) is 0. The molecule has 1 fully saturated rings. The molecule has 0 spiro atoms. The number of hydrogen-bond acceptors (Lipinski definition) is 4. The first-order chi connectivity index (χ1) is 8.60. The highest BCUT2D eigenvalue weighted by Crippen LogP contribution is 2.43. The van der Waals surface area contributed by atoms with Gasteiger partial charge in [0.15, 0.2) is 0 Å². The number of nitrogens with zero attached hydrogens (tertiary/aromatic N) is 1. The summed E-state index contributed by atoms with van der Waals surface area (Å²) in [4.78, 5) is 8.00. The van der Waals surface area contributed by atoms with Gasteiger partial charge in [0.05, 0.1) is 5.25 Å².